The van der Waals surface area contributed by atoms with E-state index >= 15 is 0 Å². The second-order valence-electron chi connectivity index (χ2n) is 7.31. The lowest BCUT2D eigenvalue weighted by atomic mass is 9.99. The fourth-order valence-corrected chi connectivity index (χ4v) is 3.66. The van der Waals surface area contributed by atoms with E-state index in [2.05, 4.69) is 15.6 Å². The maximum absolute atomic E-state index is 12.9. The molecule has 1 aliphatic rings. The second-order valence-corrected chi connectivity index (χ2v) is 7.31. The summed E-state index contributed by atoms with van der Waals surface area (Å²) in [5.74, 6) is -0.0642. The molecule has 1 aliphatic heterocycles. The Bertz CT molecular complexity index is 942. The topological polar surface area (TPSA) is 96.0 Å². The van der Waals surface area contributed by atoms with Crippen LogP contribution in [0.5, 0.6) is 0 Å². The lowest BCUT2D eigenvalue weighted by Gasteiger charge is -2.23. The highest BCUT2D eigenvalue weighted by Crippen LogP contribution is 2.17. The quantitative estimate of drug-likeness (QED) is 0.763. The van der Waals surface area contributed by atoms with Crippen molar-refractivity contribution in [3.8, 4) is 0 Å². The number of hydrogen-bond acceptors (Lipinski definition) is 4. The number of amides is 1. The molecule has 0 bridgehead atoms. The molecule has 7 heteroatoms. The Morgan fingerprint density at radius 2 is 2.04 bits per heavy atom. The van der Waals surface area contributed by atoms with E-state index in [1.54, 1.807) is 37.6 Å². The van der Waals surface area contributed by atoms with Crippen LogP contribution in [0.2, 0.25) is 0 Å². The van der Waals surface area contributed by atoms with Gasteiger partial charge in [0.25, 0.3) is 11.5 Å². The number of rotatable bonds is 4. The van der Waals surface area contributed by atoms with Crippen LogP contribution in [-0.2, 0) is 6.54 Å². The van der Waals surface area contributed by atoms with Crippen molar-refractivity contribution in [2.24, 2.45) is 5.92 Å². The van der Waals surface area contributed by atoms with E-state index in [1.165, 1.54) is 6.07 Å². The van der Waals surface area contributed by atoms with E-state index < -0.39 is 5.91 Å². The molecule has 2 aromatic rings. The van der Waals surface area contributed by atoms with Gasteiger partial charge in [-0.25, -0.2) is 0 Å². The lowest BCUT2D eigenvalue weighted by Crippen LogP contribution is -2.36. The average molecular weight is 370 g/mol. The number of aromatic amines is 1. The number of aromatic nitrogens is 2. The molecule has 1 amide bonds. The first-order chi connectivity index (χ1) is 12.9. The summed E-state index contributed by atoms with van der Waals surface area (Å²) >= 11 is 0. The average Bonchev–Trinajstić information content (AvgIpc) is 2.61. The number of carbonyl (C=O) groups is 1. The number of hydrogen-bond donors (Lipinski definition) is 3. The Morgan fingerprint density at radius 3 is 2.70 bits per heavy atom. The highest BCUT2D eigenvalue weighted by atomic mass is 16.2. The Balaban J connectivity index is 1.89. The van der Waals surface area contributed by atoms with Gasteiger partial charge < -0.3 is 20.2 Å². The van der Waals surface area contributed by atoms with Gasteiger partial charge in [-0.15, -0.1) is 0 Å². The monoisotopic (exact) mass is 370 g/mol. The molecule has 27 heavy (non-hydrogen) atoms. The molecular weight excluding hydrogens is 344 g/mol. The molecule has 0 aliphatic carbocycles. The lowest BCUT2D eigenvalue weighted by molar-refractivity contribution is 0.102. The van der Waals surface area contributed by atoms with Crippen LogP contribution in [0.15, 0.2) is 27.9 Å². The number of carbonyl (C=O) groups excluding carboxylic acids is 1. The van der Waals surface area contributed by atoms with E-state index in [9.17, 15) is 14.4 Å². The molecule has 1 fully saturated rings. The summed E-state index contributed by atoms with van der Waals surface area (Å²) in [7, 11) is 0. The Hall–Kier alpha value is -2.67. The molecule has 0 spiro atoms. The van der Waals surface area contributed by atoms with Crippen LogP contribution < -0.4 is 21.8 Å². The summed E-state index contributed by atoms with van der Waals surface area (Å²) in [5, 5.41) is 6.15. The number of nitrogens with zero attached hydrogens (tertiary/aromatic N) is 1. The van der Waals surface area contributed by atoms with Crippen LogP contribution >= 0.6 is 0 Å². The molecular formula is C20H26N4O3. The zero-order valence-electron chi connectivity index (χ0n) is 16.0. The zero-order valence-corrected chi connectivity index (χ0v) is 16.0. The molecule has 1 unspecified atom stereocenters. The fraction of sp³-hybridized carbons (Fsp3) is 0.450. The smallest absolute Gasteiger partial charge is 0.263 e. The van der Waals surface area contributed by atoms with Gasteiger partial charge >= 0.3 is 0 Å². The van der Waals surface area contributed by atoms with Gasteiger partial charge in [0.1, 0.15) is 5.56 Å². The molecule has 3 heterocycles. The van der Waals surface area contributed by atoms with Crippen LogP contribution in [0.3, 0.4) is 0 Å². The van der Waals surface area contributed by atoms with Crippen molar-refractivity contribution in [2.75, 3.05) is 18.4 Å². The van der Waals surface area contributed by atoms with Gasteiger partial charge in [0, 0.05) is 24.5 Å². The van der Waals surface area contributed by atoms with Crippen LogP contribution in [0.4, 0.5) is 5.69 Å². The van der Waals surface area contributed by atoms with Crippen molar-refractivity contribution in [2.45, 2.75) is 40.2 Å². The summed E-state index contributed by atoms with van der Waals surface area (Å²) in [4.78, 5) is 40.0. The summed E-state index contributed by atoms with van der Waals surface area (Å²) in [6.07, 6.45) is 3.94. The van der Waals surface area contributed by atoms with E-state index in [1.807, 2.05) is 0 Å². The zero-order chi connectivity index (χ0) is 19.6. The number of aryl methyl sites for hydroxylation is 3. The number of nitrogens with one attached hydrogen (secondary N) is 3. The highest BCUT2D eigenvalue weighted by Gasteiger charge is 2.20. The maximum Gasteiger partial charge on any atom is 0.263 e. The van der Waals surface area contributed by atoms with Crippen molar-refractivity contribution in [3.05, 3.63) is 61.4 Å². The van der Waals surface area contributed by atoms with Crippen LogP contribution in [0.1, 0.15) is 40.0 Å². The molecule has 0 saturated carbocycles. The summed E-state index contributed by atoms with van der Waals surface area (Å²) in [6, 6.07) is 3.23. The van der Waals surface area contributed by atoms with Crippen molar-refractivity contribution in [3.63, 3.8) is 0 Å². The Labute approximate surface area is 157 Å². The fourth-order valence-electron chi connectivity index (χ4n) is 3.66. The van der Waals surface area contributed by atoms with Crippen molar-refractivity contribution >= 4 is 11.6 Å². The third-order valence-corrected chi connectivity index (χ3v) is 5.12. The van der Waals surface area contributed by atoms with Crippen LogP contribution in [-0.4, -0.2) is 28.5 Å². The van der Waals surface area contributed by atoms with Crippen molar-refractivity contribution in [1.82, 2.24) is 14.9 Å². The first-order valence-electron chi connectivity index (χ1n) is 9.29. The third-order valence-electron chi connectivity index (χ3n) is 5.12. The normalized spacial score (nSPS) is 16.9. The van der Waals surface area contributed by atoms with E-state index in [0.29, 0.717) is 35.0 Å². The minimum absolute atomic E-state index is 0.145. The Kier molecular flexibility index (Phi) is 5.60. The van der Waals surface area contributed by atoms with Gasteiger partial charge in [-0.1, -0.05) is 0 Å². The van der Waals surface area contributed by atoms with Gasteiger partial charge in [-0.2, -0.15) is 0 Å². The van der Waals surface area contributed by atoms with E-state index in [0.717, 1.165) is 25.9 Å². The molecule has 0 radical (unpaired) electrons. The maximum atomic E-state index is 12.9. The molecule has 7 nitrogen and oxygen atoms in total. The van der Waals surface area contributed by atoms with Gasteiger partial charge in [-0.05, 0) is 69.8 Å². The van der Waals surface area contributed by atoms with Crippen LogP contribution in [0.25, 0.3) is 0 Å². The largest absolute Gasteiger partial charge is 0.324 e. The summed E-state index contributed by atoms with van der Waals surface area (Å²) < 4.78 is 1.63. The van der Waals surface area contributed by atoms with Gasteiger partial charge in [0.2, 0.25) is 5.56 Å². The van der Waals surface area contributed by atoms with Crippen molar-refractivity contribution < 1.29 is 4.79 Å². The molecule has 1 saturated heterocycles. The second kappa shape index (κ2) is 7.92. The minimum atomic E-state index is -0.452. The number of H-pyrrole nitrogens is 1. The number of piperidine rings is 1. The summed E-state index contributed by atoms with van der Waals surface area (Å²) in [5.41, 5.74) is 2.04. The molecule has 3 rings (SSSR count). The molecule has 0 aromatic carbocycles. The van der Waals surface area contributed by atoms with Gasteiger partial charge in [-0.3, -0.25) is 14.4 Å². The molecule has 2 aromatic heterocycles. The molecule has 1 atom stereocenters. The van der Waals surface area contributed by atoms with E-state index in [-0.39, 0.29) is 16.7 Å². The minimum Gasteiger partial charge on any atom is -0.324 e. The predicted molar refractivity (Wildman–Crippen MR) is 106 cm³/mol. The third kappa shape index (κ3) is 4.19. The first-order valence-corrected chi connectivity index (χ1v) is 9.29. The first kappa shape index (κ1) is 19.1. The van der Waals surface area contributed by atoms with Crippen molar-refractivity contribution in [1.29, 1.82) is 0 Å². The van der Waals surface area contributed by atoms with Crippen LogP contribution in [0, 0.1) is 26.7 Å². The number of pyridine rings is 2. The molecule has 144 valence electrons. The van der Waals surface area contributed by atoms with E-state index in [4.69, 9.17) is 0 Å². The molecule has 3 N–H and O–H groups in total. The Morgan fingerprint density at radius 1 is 1.26 bits per heavy atom. The summed E-state index contributed by atoms with van der Waals surface area (Å²) in [6.45, 7) is 7.74. The predicted octanol–water partition coefficient (Wildman–Crippen LogP) is 1.71. The standard InChI is InChI=1S/C20H26N4O3/c1-12-6-8-24(11-15-5-4-7-21-10-15)20(27)17(12)19(26)23-18-13(2)9-16(25)22-14(18)3/h6,8-9,15,21H,4-5,7,10-11H2,1-3H3,(H,22,25)(H,23,26). The van der Waals surface area contributed by atoms with Gasteiger partial charge in [0.15, 0.2) is 0 Å². The SMILES string of the molecule is Cc1cc(=O)[nH]c(C)c1NC(=O)c1c(C)ccn(CC2CCCNC2)c1=O. The van der Waals surface area contributed by atoms with Gasteiger partial charge in [0.05, 0.1) is 5.69 Å². The number of anilines is 1. The highest BCUT2D eigenvalue weighted by molar-refractivity contribution is 6.05.